The van der Waals surface area contributed by atoms with Crippen LogP contribution in [0.1, 0.15) is 20.7 Å². The molecular formula is C34H28N8O2. The van der Waals surface area contributed by atoms with Crippen LogP contribution in [0.4, 0.5) is 0 Å². The van der Waals surface area contributed by atoms with Crippen molar-refractivity contribution in [1.29, 1.82) is 0 Å². The topological polar surface area (TPSA) is 102 Å². The van der Waals surface area contributed by atoms with E-state index in [0.29, 0.717) is 48.7 Å². The Morgan fingerprint density at radius 3 is 1.30 bits per heavy atom. The summed E-state index contributed by atoms with van der Waals surface area (Å²) in [6, 6.07) is 26.8. The lowest BCUT2D eigenvalue weighted by Crippen LogP contribution is -2.50. The molecule has 0 N–H and O–H groups in total. The van der Waals surface area contributed by atoms with E-state index >= 15 is 0 Å². The Balaban J connectivity index is 1.13. The molecule has 7 rings (SSSR count). The third-order valence-corrected chi connectivity index (χ3v) is 7.65. The zero-order valence-corrected chi connectivity index (χ0v) is 23.8. The van der Waals surface area contributed by atoms with Crippen molar-refractivity contribution in [1.82, 2.24) is 39.3 Å². The van der Waals surface area contributed by atoms with E-state index in [1.165, 1.54) is 0 Å². The van der Waals surface area contributed by atoms with E-state index in [-0.39, 0.29) is 11.8 Å². The second-order valence-corrected chi connectivity index (χ2v) is 10.4. The fraction of sp³-hybridized carbons (Fsp3) is 0.118. The van der Waals surface area contributed by atoms with E-state index < -0.39 is 0 Å². The summed E-state index contributed by atoms with van der Waals surface area (Å²) in [6.45, 7) is 1.57. The molecule has 10 nitrogen and oxygen atoms in total. The molecule has 1 saturated heterocycles. The number of carbonyl (C=O) groups excluding carboxylic acids is 2. The minimum absolute atomic E-state index is 0.133. The Hall–Kier alpha value is -5.90. The van der Waals surface area contributed by atoms with Crippen molar-refractivity contribution >= 4 is 11.8 Å². The zero-order valence-electron chi connectivity index (χ0n) is 23.8. The predicted octanol–water partition coefficient (Wildman–Crippen LogP) is 4.78. The van der Waals surface area contributed by atoms with E-state index in [2.05, 4.69) is 9.97 Å². The predicted molar refractivity (Wildman–Crippen MR) is 165 cm³/mol. The fourth-order valence-electron chi connectivity index (χ4n) is 5.37. The van der Waals surface area contributed by atoms with Crippen molar-refractivity contribution in [3.63, 3.8) is 0 Å². The van der Waals surface area contributed by atoms with Gasteiger partial charge in [0, 0.05) is 74.5 Å². The number of hydrogen-bond acceptors (Lipinski definition) is 6. The van der Waals surface area contributed by atoms with Gasteiger partial charge in [-0.2, -0.15) is 10.2 Å². The van der Waals surface area contributed by atoms with Crippen LogP contribution in [0.2, 0.25) is 0 Å². The number of para-hydroxylation sites is 2. The van der Waals surface area contributed by atoms with Crippen LogP contribution in [-0.4, -0.2) is 77.3 Å². The van der Waals surface area contributed by atoms with Crippen LogP contribution in [0.5, 0.6) is 0 Å². The second kappa shape index (κ2) is 11.8. The lowest BCUT2D eigenvalue weighted by atomic mass is 10.1. The van der Waals surface area contributed by atoms with E-state index in [0.717, 1.165) is 22.5 Å². The van der Waals surface area contributed by atoms with Gasteiger partial charge in [0.05, 0.1) is 22.5 Å². The maximum absolute atomic E-state index is 13.9. The van der Waals surface area contributed by atoms with Gasteiger partial charge in [-0.25, -0.2) is 9.36 Å². The molecule has 0 bridgehead atoms. The van der Waals surface area contributed by atoms with Crippen molar-refractivity contribution in [3.8, 4) is 33.9 Å². The lowest BCUT2D eigenvalue weighted by molar-refractivity contribution is 0.0536. The standard InChI is InChI=1S/C34H28N8O2/c43-33(29-23-41(27-11-3-1-4-12-27)37-31(29)25-9-7-15-35-21-25)39-17-19-40(20-18-39)34(44)30-24-42(28-13-5-2-6-14-28)38-32(30)26-10-8-16-36-22-26/h1-16,21-24H,17-20H2. The summed E-state index contributed by atoms with van der Waals surface area (Å²) in [5, 5.41) is 9.53. The van der Waals surface area contributed by atoms with Crippen molar-refractivity contribution in [2.75, 3.05) is 26.2 Å². The molecule has 6 aromatic rings. The first-order valence-electron chi connectivity index (χ1n) is 14.4. The number of benzene rings is 2. The molecule has 0 unspecified atom stereocenters. The summed E-state index contributed by atoms with van der Waals surface area (Å²) in [6.07, 6.45) is 10.4. The van der Waals surface area contributed by atoms with Crippen LogP contribution < -0.4 is 0 Å². The lowest BCUT2D eigenvalue weighted by Gasteiger charge is -2.34. The first-order valence-corrected chi connectivity index (χ1v) is 14.4. The SMILES string of the molecule is O=C(c1cn(-c2ccccc2)nc1-c1cccnc1)N1CCN(C(=O)c2cn(-c3ccccc3)nc2-c2cccnc2)CC1. The summed E-state index contributed by atoms with van der Waals surface area (Å²) < 4.78 is 3.44. The molecule has 0 radical (unpaired) electrons. The van der Waals surface area contributed by atoms with Crippen molar-refractivity contribution in [2.24, 2.45) is 0 Å². The smallest absolute Gasteiger partial charge is 0.257 e. The highest BCUT2D eigenvalue weighted by molar-refractivity contribution is 6.01. The first-order chi connectivity index (χ1) is 21.7. The van der Waals surface area contributed by atoms with Crippen LogP contribution in [0, 0.1) is 0 Å². The van der Waals surface area contributed by atoms with Crippen molar-refractivity contribution in [3.05, 3.63) is 133 Å². The second-order valence-electron chi connectivity index (χ2n) is 10.4. The highest BCUT2D eigenvalue weighted by Crippen LogP contribution is 2.27. The minimum atomic E-state index is -0.133. The maximum atomic E-state index is 13.9. The number of nitrogens with zero attached hydrogens (tertiary/aromatic N) is 8. The molecule has 0 aliphatic carbocycles. The van der Waals surface area contributed by atoms with Crippen LogP contribution >= 0.6 is 0 Å². The molecule has 0 spiro atoms. The van der Waals surface area contributed by atoms with E-state index in [1.807, 2.05) is 84.9 Å². The molecule has 5 heterocycles. The first kappa shape index (κ1) is 27.0. The molecule has 2 amide bonds. The van der Waals surface area contributed by atoms with Gasteiger partial charge in [0.25, 0.3) is 11.8 Å². The molecule has 0 saturated carbocycles. The molecule has 1 aliphatic heterocycles. The van der Waals surface area contributed by atoms with E-state index in [4.69, 9.17) is 10.2 Å². The third kappa shape index (κ3) is 5.24. The van der Waals surface area contributed by atoms with Gasteiger partial charge in [-0.15, -0.1) is 0 Å². The average molecular weight is 581 g/mol. The normalized spacial score (nSPS) is 13.2. The molecule has 0 atom stereocenters. The summed E-state index contributed by atoms with van der Waals surface area (Å²) >= 11 is 0. The molecular weight excluding hydrogens is 552 g/mol. The number of amides is 2. The summed E-state index contributed by atoms with van der Waals surface area (Å²) in [4.78, 5) is 39.9. The quantitative estimate of drug-likeness (QED) is 0.281. The van der Waals surface area contributed by atoms with Crippen LogP contribution in [0.3, 0.4) is 0 Å². The van der Waals surface area contributed by atoms with Crippen molar-refractivity contribution in [2.45, 2.75) is 0 Å². The maximum Gasteiger partial charge on any atom is 0.257 e. The number of rotatable bonds is 6. The van der Waals surface area contributed by atoms with Crippen LogP contribution in [0.15, 0.2) is 122 Å². The van der Waals surface area contributed by atoms with Crippen molar-refractivity contribution < 1.29 is 9.59 Å². The number of hydrogen-bond donors (Lipinski definition) is 0. The minimum Gasteiger partial charge on any atom is -0.335 e. The zero-order chi connectivity index (χ0) is 29.9. The Bertz CT molecular complexity index is 1760. The van der Waals surface area contributed by atoms with Gasteiger partial charge >= 0.3 is 0 Å². The molecule has 216 valence electrons. The van der Waals surface area contributed by atoms with Gasteiger partial charge in [0.15, 0.2) is 0 Å². The number of piperazine rings is 1. The molecule has 10 heteroatoms. The highest BCUT2D eigenvalue weighted by atomic mass is 16.2. The van der Waals surface area contributed by atoms with Gasteiger partial charge in [-0.05, 0) is 48.5 Å². The number of carbonyl (C=O) groups is 2. The van der Waals surface area contributed by atoms with Gasteiger partial charge < -0.3 is 9.80 Å². The Kier molecular flexibility index (Phi) is 7.21. The summed E-state index contributed by atoms with van der Waals surface area (Å²) in [5.41, 5.74) is 5.35. The number of aromatic nitrogens is 6. The fourth-order valence-corrected chi connectivity index (χ4v) is 5.37. The Morgan fingerprint density at radius 2 is 0.932 bits per heavy atom. The van der Waals surface area contributed by atoms with Crippen LogP contribution in [-0.2, 0) is 0 Å². The van der Waals surface area contributed by atoms with Gasteiger partial charge in [0.2, 0.25) is 0 Å². The molecule has 44 heavy (non-hydrogen) atoms. The Morgan fingerprint density at radius 1 is 0.523 bits per heavy atom. The van der Waals surface area contributed by atoms with E-state index in [9.17, 15) is 9.59 Å². The van der Waals surface area contributed by atoms with Gasteiger partial charge in [0.1, 0.15) is 11.4 Å². The van der Waals surface area contributed by atoms with Gasteiger partial charge in [-0.1, -0.05) is 36.4 Å². The summed E-state index contributed by atoms with van der Waals surface area (Å²) in [7, 11) is 0. The van der Waals surface area contributed by atoms with Gasteiger partial charge in [-0.3, -0.25) is 19.6 Å². The van der Waals surface area contributed by atoms with E-state index in [1.54, 1.807) is 56.3 Å². The largest absolute Gasteiger partial charge is 0.335 e. The molecule has 1 fully saturated rings. The molecule has 2 aromatic carbocycles. The van der Waals surface area contributed by atoms with Crippen LogP contribution in [0.25, 0.3) is 33.9 Å². The monoisotopic (exact) mass is 580 g/mol. The average Bonchev–Trinajstić information content (AvgIpc) is 3.76. The Labute approximate surface area is 253 Å². The molecule has 4 aromatic heterocycles. The molecule has 1 aliphatic rings. The number of pyridine rings is 2. The summed E-state index contributed by atoms with van der Waals surface area (Å²) in [5.74, 6) is -0.267. The third-order valence-electron chi connectivity index (χ3n) is 7.65. The highest BCUT2D eigenvalue weighted by Gasteiger charge is 2.30.